The van der Waals surface area contributed by atoms with Crippen LogP contribution in [0.3, 0.4) is 0 Å². The van der Waals surface area contributed by atoms with E-state index in [1.54, 1.807) is 0 Å². The minimum atomic E-state index is 0.557. The van der Waals surface area contributed by atoms with Crippen LogP contribution in [0.5, 0.6) is 0 Å². The maximum atomic E-state index is 3.80. The predicted molar refractivity (Wildman–Crippen MR) is 80.9 cm³/mol. The van der Waals surface area contributed by atoms with Gasteiger partial charge in [0.05, 0.1) is 0 Å². The van der Waals surface area contributed by atoms with Crippen molar-refractivity contribution in [3.63, 3.8) is 0 Å². The topological polar surface area (TPSA) is 3.24 Å². The summed E-state index contributed by atoms with van der Waals surface area (Å²) < 4.78 is 0. The van der Waals surface area contributed by atoms with E-state index in [0.29, 0.717) is 5.41 Å². The molecule has 1 fully saturated rings. The number of halogens is 1. The molecule has 0 bridgehead atoms. The largest absolute Gasteiger partial charge is 0.303 e. The van der Waals surface area contributed by atoms with Gasteiger partial charge in [-0.05, 0) is 30.7 Å². The lowest BCUT2D eigenvalue weighted by atomic mass is 9.82. The quantitative estimate of drug-likeness (QED) is 0.508. The first kappa shape index (κ1) is 15.5. The highest BCUT2D eigenvalue weighted by molar-refractivity contribution is 9.09. The summed E-state index contributed by atoms with van der Waals surface area (Å²) in [4.78, 5) is 2.66. The molecule has 1 saturated carbocycles. The van der Waals surface area contributed by atoms with Crippen LogP contribution < -0.4 is 0 Å². The monoisotopic (exact) mass is 303 g/mol. The molecule has 1 aliphatic carbocycles. The Labute approximate surface area is 116 Å². The summed E-state index contributed by atoms with van der Waals surface area (Å²) in [5, 5.41) is 1.19. The molecule has 2 heteroatoms. The highest BCUT2D eigenvalue weighted by Gasteiger charge is 2.31. The maximum absolute atomic E-state index is 3.80. The van der Waals surface area contributed by atoms with Crippen molar-refractivity contribution in [2.75, 3.05) is 25.0 Å². The molecule has 0 spiro atoms. The third-order valence-electron chi connectivity index (χ3n) is 4.08. The molecule has 1 aliphatic rings. The van der Waals surface area contributed by atoms with Crippen LogP contribution in [0.4, 0.5) is 0 Å². The molecular formula is C15H30BrN. The van der Waals surface area contributed by atoms with Crippen LogP contribution in [0.2, 0.25) is 0 Å². The van der Waals surface area contributed by atoms with Gasteiger partial charge in [0, 0.05) is 18.4 Å². The lowest BCUT2D eigenvalue weighted by Gasteiger charge is -2.37. The zero-order valence-corrected chi connectivity index (χ0v) is 13.6. The van der Waals surface area contributed by atoms with Crippen molar-refractivity contribution in [2.45, 2.75) is 59.3 Å². The Morgan fingerprint density at radius 2 is 1.71 bits per heavy atom. The molecule has 0 unspecified atom stereocenters. The normalized spacial score (nSPS) is 20.8. The highest BCUT2D eigenvalue weighted by Crippen LogP contribution is 2.37. The Kier molecular flexibility index (Phi) is 7.10. The van der Waals surface area contributed by atoms with Gasteiger partial charge in [-0.1, -0.05) is 62.4 Å². The van der Waals surface area contributed by atoms with Crippen molar-refractivity contribution in [2.24, 2.45) is 11.3 Å². The van der Waals surface area contributed by atoms with Gasteiger partial charge >= 0.3 is 0 Å². The van der Waals surface area contributed by atoms with Gasteiger partial charge in [0.2, 0.25) is 0 Å². The zero-order chi connectivity index (χ0) is 12.7. The molecular weight excluding hydrogens is 274 g/mol. The third-order valence-corrected chi connectivity index (χ3v) is 5.27. The van der Waals surface area contributed by atoms with Crippen LogP contribution in [0.1, 0.15) is 59.3 Å². The summed E-state index contributed by atoms with van der Waals surface area (Å²) >= 11 is 3.80. The molecule has 1 rings (SSSR count). The molecule has 0 amide bonds. The molecule has 0 radical (unpaired) electrons. The molecule has 17 heavy (non-hydrogen) atoms. The van der Waals surface area contributed by atoms with Gasteiger partial charge in [-0.3, -0.25) is 0 Å². The van der Waals surface area contributed by atoms with E-state index in [1.807, 2.05) is 0 Å². The standard InChI is InChI=1S/C15H30BrN/c1-4-17(11-14(2)3)13-15(12-16)9-7-5-6-8-10-15/h14H,4-13H2,1-3H3. The van der Waals surface area contributed by atoms with Gasteiger partial charge < -0.3 is 4.90 Å². The number of hydrogen-bond acceptors (Lipinski definition) is 1. The molecule has 0 aromatic carbocycles. The summed E-state index contributed by atoms with van der Waals surface area (Å²) in [6.07, 6.45) is 8.62. The van der Waals surface area contributed by atoms with Crippen molar-refractivity contribution in [1.29, 1.82) is 0 Å². The van der Waals surface area contributed by atoms with Gasteiger partial charge in [-0.15, -0.1) is 0 Å². The van der Waals surface area contributed by atoms with E-state index < -0.39 is 0 Å². The summed E-state index contributed by atoms with van der Waals surface area (Å²) in [5.41, 5.74) is 0.557. The SMILES string of the molecule is CCN(CC(C)C)CC1(CBr)CCCCCC1. The molecule has 0 heterocycles. The molecule has 0 aromatic rings. The second-order valence-corrected chi connectivity index (χ2v) is 6.83. The highest BCUT2D eigenvalue weighted by atomic mass is 79.9. The number of rotatable bonds is 6. The van der Waals surface area contributed by atoms with Gasteiger partial charge in [-0.2, -0.15) is 0 Å². The van der Waals surface area contributed by atoms with E-state index in [4.69, 9.17) is 0 Å². The van der Waals surface area contributed by atoms with Crippen LogP contribution in [0, 0.1) is 11.3 Å². The Bertz CT molecular complexity index is 195. The first-order chi connectivity index (χ1) is 8.12. The summed E-state index contributed by atoms with van der Waals surface area (Å²) in [6.45, 7) is 10.7. The minimum absolute atomic E-state index is 0.557. The lowest BCUT2D eigenvalue weighted by Crippen LogP contribution is -2.40. The smallest absolute Gasteiger partial charge is 0.0100 e. The molecule has 0 aromatic heterocycles. The number of hydrogen-bond donors (Lipinski definition) is 0. The minimum Gasteiger partial charge on any atom is -0.303 e. The van der Waals surface area contributed by atoms with Gasteiger partial charge in [0.1, 0.15) is 0 Å². The summed E-state index contributed by atoms with van der Waals surface area (Å²) in [6, 6.07) is 0. The Morgan fingerprint density at radius 1 is 1.12 bits per heavy atom. The lowest BCUT2D eigenvalue weighted by molar-refractivity contribution is 0.144. The van der Waals surface area contributed by atoms with E-state index in [-0.39, 0.29) is 0 Å². The first-order valence-corrected chi connectivity index (χ1v) is 8.52. The number of alkyl halides is 1. The zero-order valence-electron chi connectivity index (χ0n) is 12.0. The van der Waals surface area contributed by atoms with Crippen molar-refractivity contribution in [1.82, 2.24) is 4.90 Å². The van der Waals surface area contributed by atoms with Crippen molar-refractivity contribution < 1.29 is 0 Å². The molecule has 0 N–H and O–H groups in total. The fraction of sp³-hybridized carbons (Fsp3) is 1.00. The van der Waals surface area contributed by atoms with Crippen molar-refractivity contribution >= 4 is 15.9 Å². The Balaban J connectivity index is 2.58. The van der Waals surface area contributed by atoms with E-state index in [1.165, 1.54) is 63.5 Å². The average molecular weight is 304 g/mol. The average Bonchev–Trinajstić information content (AvgIpc) is 2.54. The molecule has 102 valence electrons. The summed E-state index contributed by atoms with van der Waals surface area (Å²) in [5.74, 6) is 0.785. The Morgan fingerprint density at radius 3 is 2.12 bits per heavy atom. The van der Waals surface area contributed by atoms with Gasteiger partial charge in [0.15, 0.2) is 0 Å². The predicted octanol–water partition coefficient (Wildman–Crippen LogP) is 4.70. The third kappa shape index (κ3) is 5.30. The Hall–Kier alpha value is 0.440. The fourth-order valence-electron chi connectivity index (χ4n) is 3.11. The summed E-state index contributed by atoms with van der Waals surface area (Å²) in [7, 11) is 0. The molecule has 1 nitrogen and oxygen atoms in total. The van der Waals surface area contributed by atoms with Crippen molar-refractivity contribution in [3.8, 4) is 0 Å². The van der Waals surface area contributed by atoms with Crippen LogP contribution in [-0.2, 0) is 0 Å². The van der Waals surface area contributed by atoms with Crippen molar-refractivity contribution in [3.05, 3.63) is 0 Å². The van der Waals surface area contributed by atoms with Gasteiger partial charge in [-0.25, -0.2) is 0 Å². The second-order valence-electron chi connectivity index (χ2n) is 6.27. The van der Waals surface area contributed by atoms with E-state index >= 15 is 0 Å². The molecule has 0 saturated heterocycles. The second kappa shape index (κ2) is 7.78. The number of nitrogens with zero attached hydrogens (tertiary/aromatic N) is 1. The van der Waals surface area contributed by atoms with Crippen LogP contribution >= 0.6 is 15.9 Å². The van der Waals surface area contributed by atoms with Crippen LogP contribution in [0.25, 0.3) is 0 Å². The van der Waals surface area contributed by atoms with E-state index in [9.17, 15) is 0 Å². The van der Waals surface area contributed by atoms with Crippen LogP contribution in [-0.4, -0.2) is 29.9 Å². The van der Waals surface area contributed by atoms with E-state index in [2.05, 4.69) is 41.6 Å². The molecule has 0 atom stereocenters. The first-order valence-electron chi connectivity index (χ1n) is 7.40. The molecule has 0 aliphatic heterocycles. The van der Waals surface area contributed by atoms with Gasteiger partial charge in [0.25, 0.3) is 0 Å². The maximum Gasteiger partial charge on any atom is 0.0100 e. The van der Waals surface area contributed by atoms with Crippen LogP contribution in [0.15, 0.2) is 0 Å². The van der Waals surface area contributed by atoms with E-state index in [0.717, 1.165) is 5.92 Å². The fourth-order valence-corrected chi connectivity index (χ4v) is 3.85.